The molecule has 0 saturated heterocycles. The Kier molecular flexibility index (Phi) is 4.18. The molecule has 0 atom stereocenters. The zero-order valence-electron chi connectivity index (χ0n) is 11.1. The van der Waals surface area contributed by atoms with Crippen molar-refractivity contribution in [3.05, 3.63) is 29.6 Å². The summed E-state index contributed by atoms with van der Waals surface area (Å²) >= 11 is 0. The zero-order valence-corrected chi connectivity index (χ0v) is 11.1. The first-order chi connectivity index (χ1) is 9.14. The maximum absolute atomic E-state index is 12.1. The van der Waals surface area contributed by atoms with Gasteiger partial charge >= 0.3 is 0 Å². The van der Waals surface area contributed by atoms with Crippen molar-refractivity contribution in [2.45, 2.75) is 26.2 Å². The number of pyridine rings is 1. The van der Waals surface area contributed by atoms with Crippen LogP contribution in [-0.4, -0.2) is 29.1 Å². The van der Waals surface area contributed by atoms with E-state index in [1.165, 1.54) is 6.42 Å². The molecule has 1 aromatic rings. The molecular formula is C15H18N2O2. The van der Waals surface area contributed by atoms with Crippen LogP contribution in [0.3, 0.4) is 0 Å². The number of nitrogens with one attached hydrogen (secondary N) is 1. The van der Waals surface area contributed by atoms with E-state index in [1.54, 1.807) is 18.3 Å². The first kappa shape index (κ1) is 13.6. The number of hydrogen-bond acceptors (Lipinski definition) is 3. The van der Waals surface area contributed by atoms with Crippen molar-refractivity contribution in [3.63, 3.8) is 0 Å². The summed E-state index contributed by atoms with van der Waals surface area (Å²) in [5, 5.41) is 11.6. The Hall–Kier alpha value is -1.86. The van der Waals surface area contributed by atoms with Gasteiger partial charge in [0.1, 0.15) is 12.3 Å². The molecule has 0 aliphatic heterocycles. The smallest absolute Gasteiger partial charge is 0.271 e. The fraction of sp³-hybridized carbons (Fsp3) is 0.467. The maximum Gasteiger partial charge on any atom is 0.271 e. The summed E-state index contributed by atoms with van der Waals surface area (Å²) in [6.45, 7) is 2.63. The van der Waals surface area contributed by atoms with E-state index in [4.69, 9.17) is 5.11 Å². The summed E-state index contributed by atoms with van der Waals surface area (Å²) in [6.07, 6.45) is 5.13. The first-order valence-electron chi connectivity index (χ1n) is 6.48. The highest BCUT2D eigenvalue weighted by atomic mass is 16.2. The van der Waals surface area contributed by atoms with E-state index < -0.39 is 0 Å². The Bertz CT molecular complexity index is 524. The zero-order chi connectivity index (χ0) is 13.7. The molecule has 1 saturated carbocycles. The van der Waals surface area contributed by atoms with Crippen LogP contribution in [0.15, 0.2) is 18.3 Å². The third-order valence-electron chi connectivity index (χ3n) is 3.56. The van der Waals surface area contributed by atoms with E-state index in [0.29, 0.717) is 17.8 Å². The molecule has 2 N–H and O–H groups in total. The SMILES string of the molecule is CC1(CNC(=O)c2ncccc2C#CCO)CCC1. The molecule has 0 radical (unpaired) electrons. The molecule has 1 aliphatic carbocycles. The van der Waals surface area contributed by atoms with Gasteiger partial charge in [-0.15, -0.1) is 0 Å². The van der Waals surface area contributed by atoms with Gasteiger partial charge < -0.3 is 10.4 Å². The molecule has 0 spiro atoms. The van der Waals surface area contributed by atoms with Gasteiger partial charge in [-0.2, -0.15) is 0 Å². The van der Waals surface area contributed by atoms with E-state index in [-0.39, 0.29) is 17.9 Å². The number of aliphatic hydroxyl groups excluding tert-OH is 1. The van der Waals surface area contributed by atoms with E-state index in [1.807, 2.05) is 0 Å². The van der Waals surface area contributed by atoms with Gasteiger partial charge in [0.25, 0.3) is 5.91 Å². The standard InChI is InChI=1S/C15H18N2O2/c1-15(7-4-8-15)11-17-14(19)13-12(6-3-10-18)5-2-9-16-13/h2,5,9,18H,4,7-8,10-11H2,1H3,(H,17,19). The Morgan fingerprint density at radius 3 is 3.00 bits per heavy atom. The summed E-state index contributed by atoms with van der Waals surface area (Å²) in [5.74, 6) is 5.09. The monoisotopic (exact) mass is 258 g/mol. The van der Waals surface area contributed by atoms with E-state index in [2.05, 4.69) is 29.1 Å². The second-order valence-corrected chi connectivity index (χ2v) is 5.21. The van der Waals surface area contributed by atoms with Crippen molar-refractivity contribution in [3.8, 4) is 11.8 Å². The molecule has 0 aromatic carbocycles. The highest BCUT2D eigenvalue weighted by Gasteiger charge is 2.32. The Labute approximate surface area is 113 Å². The Morgan fingerprint density at radius 2 is 2.37 bits per heavy atom. The van der Waals surface area contributed by atoms with Crippen LogP contribution in [0, 0.1) is 17.3 Å². The molecule has 4 heteroatoms. The van der Waals surface area contributed by atoms with Gasteiger partial charge in [-0.1, -0.05) is 25.2 Å². The Morgan fingerprint density at radius 1 is 1.58 bits per heavy atom. The van der Waals surface area contributed by atoms with Crippen molar-refractivity contribution in [2.24, 2.45) is 5.41 Å². The van der Waals surface area contributed by atoms with E-state index in [9.17, 15) is 4.79 Å². The first-order valence-corrected chi connectivity index (χ1v) is 6.48. The predicted molar refractivity (Wildman–Crippen MR) is 72.5 cm³/mol. The summed E-state index contributed by atoms with van der Waals surface area (Å²) in [4.78, 5) is 16.2. The minimum atomic E-state index is -0.228. The second-order valence-electron chi connectivity index (χ2n) is 5.21. The lowest BCUT2D eigenvalue weighted by molar-refractivity contribution is 0.0885. The quantitative estimate of drug-likeness (QED) is 0.804. The van der Waals surface area contributed by atoms with Gasteiger partial charge in [0.05, 0.1) is 5.56 Å². The number of hydrogen-bond donors (Lipinski definition) is 2. The third-order valence-corrected chi connectivity index (χ3v) is 3.56. The number of aromatic nitrogens is 1. The molecule has 4 nitrogen and oxygen atoms in total. The lowest BCUT2D eigenvalue weighted by Crippen LogP contribution is -2.40. The number of nitrogens with zero attached hydrogens (tertiary/aromatic N) is 1. The van der Waals surface area contributed by atoms with Crippen LogP contribution in [0.4, 0.5) is 0 Å². The number of amides is 1. The number of aliphatic hydroxyl groups is 1. The molecule has 1 aromatic heterocycles. The van der Waals surface area contributed by atoms with Gasteiger partial charge in [-0.3, -0.25) is 4.79 Å². The van der Waals surface area contributed by atoms with E-state index in [0.717, 1.165) is 12.8 Å². The minimum absolute atomic E-state index is 0.198. The lowest BCUT2D eigenvalue weighted by Gasteiger charge is -2.38. The molecular weight excluding hydrogens is 240 g/mol. The molecule has 1 aliphatic rings. The van der Waals surface area contributed by atoms with Crippen molar-refractivity contribution in [2.75, 3.05) is 13.2 Å². The summed E-state index contributed by atoms with van der Waals surface area (Å²) in [6, 6.07) is 3.46. The van der Waals surface area contributed by atoms with Crippen LogP contribution in [0.2, 0.25) is 0 Å². The average molecular weight is 258 g/mol. The molecule has 19 heavy (non-hydrogen) atoms. The number of rotatable bonds is 3. The van der Waals surface area contributed by atoms with Crippen molar-refractivity contribution >= 4 is 5.91 Å². The highest BCUT2D eigenvalue weighted by Crippen LogP contribution is 2.39. The van der Waals surface area contributed by atoms with Crippen LogP contribution >= 0.6 is 0 Å². The topological polar surface area (TPSA) is 62.2 Å². The van der Waals surface area contributed by atoms with Crippen LogP contribution < -0.4 is 5.32 Å². The Balaban J connectivity index is 2.06. The average Bonchev–Trinajstić information content (AvgIpc) is 2.40. The fourth-order valence-electron chi connectivity index (χ4n) is 2.16. The van der Waals surface area contributed by atoms with Gasteiger partial charge in [-0.25, -0.2) is 4.98 Å². The van der Waals surface area contributed by atoms with Gasteiger partial charge in [0.2, 0.25) is 0 Å². The van der Waals surface area contributed by atoms with E-state index >= 15 is 0 Å². The molecule has 100 valence electrons. The van der Waals surface area contributed by atoms with Crippen molar-refractivity contribution in [1.82, 2.24) is 10.3 Å². The lowest BCUT2D eigenvalue weighted by atomic mass is 9.70. The predicted octanol–water partition coefficient (Wildman–Crippen LogP) is 1.35. The molecule has 1 heterocycles. The maximum atomic E-state index is 12.1. The highest BCUT2D eigenvalue weighted by molar-refractivity contribution is 5.94. The molecule has 1 fully saturated rings. The van der Waals surface area contributed by atoms with Crippen LogP contribution in [0.1, 0.15) is 42.2 Å². The summed E-state index contributed by atoms with van der Waals surface area (Å²) in [7, 11) is 0. The normalized spacial score (nSPS) is 15.9. The third kappa shape index (κ3) is 3.33. The van der Waals surface area contributed by atoms with Crippen LogP contribution in [0.25, 0.3) is 0 Å². The fourth-order valence-corrected chi connectivity index (χ4v) is 2.16. The van der Waals surface area contributed by atoms with Crippen molar-refractivity contribution in [1.29, 1.82) is 0 Å². The van der Waals surface area contributed by atoms with Gasteiger partial charge in [0, 0.05) is 12.7 Å². The second kappa shape index (κ2) is 5.85. The summed E-state index contributed by atoms with van der Waals surface area (Å²) in [5.41, 5.74) is 1.11. The number of carbonyl (C=O) groups is 1. The molecule has 0 unspecified atom stereocenters. The van der Waals surface area contributed by atoms with Gasteiger partial charge in [-0.05, 0) is 30.4 Å². The van der Waals surface area contributed by atoms with Gasteiger partial charge in [0.15, 0.2) is 0 Å². The minimum Gasteiger partial charge on any atom is -0.384 e. The van der Waals surface area contributed by atoms with Crippen LogP contribution in [-0.2, 0) is 0 Å². The van der Waals surface area contributed by atoms with Crippen molar-refractivity contribution < 1.29 is 9.90 Å². The largest absolute Gasteiger partial charge is 0.384 e. The molecule has 1 amide bonds. The molecule has 0 bridgehead atoms. The van der Waals surface area contributed by atoms with Crippen LogP contribution in [0.5, 0.6) is 0 Å². The molecule has 2 rings (SSSR count). The summed E-state index contributed by atoms with van der Waals surface area (Å²) < 4.78 is 0. The number of carbonyl (C=O) groups excluding carboxylic acids is 1.